The summed E-state index contributed by atoms with van der Waals surface area (Å²) in [7, 11) is 0. The Labute approximate surface area is 125 Å². The van der Waals surface area contributed by atoms with Crippen LogP contribution in [0.15, 0.2) is 48.5 Å². The van der Waals surface area contributed by atoms with Gasteiger partial charge in [0.05, 0.1) is 12.6 Å². The number of aliphatic hydroxyl groups is 1. The summed E-state index contributed by atoms with van der Waals surface area (Å²) in [4.78, 5) is 12.4. The second-order valence-electron chi connectivity index (χ2n) is 5.36. The highest BCUT2D eigenvalue weighted by Crippen LogP contribution is 2.11. The van der Waals surface area contributed by atoms with E-state index in [-0.39, 0.29) is 18.6 Å². The zero-order chi connectivity index (χ0) is 15.2. The molecule has 2 N–H and O–H groups in total. The number of rotatable bonds is 5. The number of carbonyl (C=O) groups is 1. The molecule has 2 rings (SSSR count). The first kappa shape index (κ1) is 15.3. The van der Waals surface area contributed by atoms with Crippen molar-refractivity contribution in [2.75, 3.05) is 6.61 Å². The van der Waals surface area contributed by atoms with Gasteiger partial charge in [0.25, 0.3) is 5.91 Å². The first-order valence-electron chi connectivity index (χ1n) is 7.13. The van der Waals surface area contributed by atoms with Gasteiger partial charge in [0, 0.05) is 5.56 Å². The zero-order valence-corrected chi connectivity index (χ0v) is 12.5. The summed E-state index contributed by atoms with van der Waals surface area (Å²) in [5.41, 5.74) is 3.75. The van der Waals surface area contributed by atoms with Gasteiger partial charge in [-0.05, 0) is 37.5 Å². The number of hydrogen-bond acceptors (Lipinski definition) is 2. The van der Waals surface area contributed by atoms with Crippen molar-refractivity contribution in [2.45, 2.75) is 26.3 Å². The molecular formula is C18H21NO2. The van der Waals surface area contributed by atoms with Gasteiger partial charge in [0.15, 0.2) is 0 Å². The number of aliphatic hydroxyl groups excluding tert-OH is 1. The first-order valence-corrected chi connectivity index (χ1v) is 7.13. The molecule has 0 saturated heterocycles. The van der Waals surface area contributed by atoms with Gasteiger partial charge >= 0.3 is 0 Å². The highest BCUT2D eigenvalue weighted by molar-refractivity contribution is 5.96. The maximum absolute atomic E-state index is 12.4. The lowest BCUT2D eigenvalue weighted by Gasteiger charge is -2.17. The molecule has 110 valence electrons. The Morgan fingerprint density at radius 2 is 1.86 bits per heavy atom. The molecule has 0 aliphatic carbocycles. The van der Waals surface area contributed by atoms with Gasteiger partial charge in [0.2, 0.25) is 0 Å². The zero-order valence-electron chi connectivity index (χ0n) is 12.5. The van der Waals surface area contributed by atoms with Crippen molar-refractivity contribution < 1.29 is 9.90 Å². The summed E-state index contributed by atoms with van der Waals surface area (Å²) in [6.07, 6.45) is 0.619. The van der Waals surface area contributed by atoms with Crippen molar-refractivity contribution in [3.8, 4) is 0 Å². The van der Waals surface area contributed by atoms with Gasteiger partial charge in [-0.3, -0.25) is 4.79 Å². The normalized spacial score (nSPS) is 12.0. The van der Waals surface area contributed by atoms with Crippen LogP contribution >= 0.6 is 0 Å². The third-order valence-electron chi connectivity index (χ3n) is 3.52. The van der Waals surface area contributed by atoms with Crippen LogP contribution in [-0.2, 0) is 6.42 Å². The highest BCUT2D eigenvalue weighted by Gasteiger charge is 2.15. The topological polar surface area (TPSA) is 49.3 Å². The van der Waals surface area contributed by atoms with Crippen LogP contribution in [0.1, 0.15) is 27.0 Å². The minimum atomic E-state index is -0.278. The minimum absolute atomic E-state index is 0.0779. The summed E-state index contributed by atoms with van der Waals surface area (Å²) in [5, 5.41) is 12.4. The van der Waals surface area contributed by atoms with Crippen LogP contribution in [0, 0.1) is 13.8 Å². The van der Waals surface area contributed by atoms with Crippen molar-refractivity contribution in [1.82, 2.24) is 5.32 Å². The van der Waals surface area contributed by atoms with E-state index in [0.717, 1.165) is 16.7 Å². The number of amides is 1. The number of aryl methyl sites for hydroxylation is 2. The van der Waals surface area contributed by atoms with Crippen molar-refractivity contribution >= 4 is 5.91 Å². The molecule has 0 aliphatic heterocycles. The van der Waals surface area contributed by atoms with Crippen LogP contribution in [0.3, 0.4) is 0 Å². The Balaban J connectivity index is 2.07. The minimum Gasteiger partial charge on any atom is -0.394 e. The third-order valence-corrected chi connectivity index (χ3v) is 3.52. The molecule has 2 aromatic rings. The number of nitrogens with one attached hydrogen (secondary N) is 1. The molecule has 21 heavy (non-hydrogen) atoms. The van der Waals surface area contributed by atoms with Crippen LogP contribution < -0.4 is 5.32 Å². The molecule has 0 unspecified atom stereocenters. The summed E-state index contributed by atoms with van der Waals surface area (Å²) in [5.74, 6) is -0.133. The van der Waals surface area contributed by atoms with Crippen LogP contribution in [0.5, 0.6) is 0 Å². The highest BCUT2D eigenvalue weighted by atomic mass is 16.3. The summed E-state index contributed by atoms with van der Waals surface area (Å²) >= 11 is 0. The van der Waals surface area contributed by atoms with Gasteiger partial charge in [0.1, 0.15) is 0 Å². The Morgan fingerprint density at radius 3 is 2.52 bits per heavy atom. The van der Waals surface area contributed by atoms with E-state index in [1.165, 1.54) is 0 Å². The molecule has 0 heterocycles. The molecule has 0 aromatic heterocycles. The number of hydrogen-bond donors (Lipinski definition) is 2. The molecule has 0 fully saturated rings. The molecule has 1 amide bonds. The lowest BCUT2D eigenvalue weighted by molar-refractivity contribution is 0.0916. The summed E-state index contributed by atoms with van der Waals surface area (Å²) < 4.78 is 0. The average molecular weight is 283 g/mol. The maximum atomic E-state index is 12.4. The first-order chi connectivity index (χ1) is 10.1. The van der Waals surface area contributed by atoms with Gasteiger partial charge in [-0.15, -0.1) is 0 Å². The molecule has 1 atom stereocenters. The van der Waals surface area contributed by atoms with Crippen molar-refractivity contribution in [2.24, 2.45) is 0 Å². The molecule has 3 heteroatoms. The largest absolute Gasteiger partial charge is 0.394 e. The number of carbonyl (C=O) groups excluding carboxylic acids is 1. The van der Waals surface area contributed by atoms with Crippen LogP contribution in [0.25, 0.3) is 0 Å². The predicted octanol–water partition coefficient (Wildman–Crippen LogP) is 2.64. The van der Waals surface area contributed by atoms with E-state index in [1.54, 1.807) is 0 Å². The van der Waals surface area contributed by atoms with E-state index in [9.17, 15) is 9.90 Å². The van der Waals surface area contributed by atoms with E-state index in [0.29, 0.717) is 12.0 Å². The Hall–Kier alpha value is -2.13. The quantitative estimate of drug-likeness (QED) is 0.886. The summed E-state index contributed by atoms with van der Waals surface area (Å²) in [6.45, 7) is 3.80. The maximum Gasteiger partial charge on any atom is 0.251 e. The molecule has 0 spiro atoms. The Bertz CT molecular complexity index is 608. The number of benzene rings is 2. The lowest BCUT2D eigenvalue weighted by atomic mass is 10.0. The van der Waals surface area contributed by atoms with E-state index in [2.05, 4.69) is 5.32 Å². The fraction of sp³-hybridized carbons (Fsp3) is 0.278. The van der Waals surface area contributed by atoms with E-state index in [4.69, 9.17) is 0 Å². The van der Waals surface area contributed by atoms with Crippen LogP contribution in [-0.4, -0.2) is 23.7 Å². The average Bonchev–Trinajstić information content (AvgIpc) is 2.50. The Kier molecular flexibility index (Phi) is 5.12. The van der Waals surface area contributed by atoms with Crippen molar-refractivity contribution in [3.05, 3.63) is 70.8 Å². The van der Waals surface area contributed by atoms with Crippen LogP contribution in [0.2, 0.25) is 0 Å². The molecule has 0 bridgehead atoms. The third kappa shape index (κ3) is 4.17. The Morgan fingerprint density at radius 1 is 1.14 bits per heavy atom. The van der Waals surface area contributed by atoms with Gasteiger partial charge in [-0.1, -0.05) is 48.0 Å². The van der Waals surface area contributed by atoms with E-state index >= 15 is 0 Å². The predicted molar refractivity (Wildman–Crippen MR) is 84.4 cm³/mol. The second kappa shape index (κ2) is 7.04. The molecule has 3 nitrogen and oxygen atoms in total. The molecule has 0 radical (unpaired) electrons. The molecular weight excluding hydrogens is 262 g/mol. The van der Waals surface area contributed by atoms with Gasteiger partial charge < -0.3 is 10.4 Å². The lowest BCUT2D eigenvalue weighted by Crippen LogP contribution is -2.39. The molecule has 0 aliphatic rings. The fourth-order valence-electron chi connectivity index (χ4n) is 2.30. The van der Waals surface area contributed by atoms with Gasteiger partial charge in [-0.2, -0.15) is 0 Å². The van der Waals surface area contributed by atoms with Crippen LogP contribution in [0.4, 0.5) is 0 Å². The fourth-order valence-corrected chi connectivity index (χ4v) is 2.30. The summed E-state index contributed by atoms with van der Waals surface area (Å²) in [6, 6.07) is 15.4. The standard InChI is InChI=1S/C18H21NO2/c1-13-8-9-14(2)17(10-13)18(21)19-16(12-20)11-15-6-4-3-5-7-15/h3-10,16,20H,11-12H2,1-2H3,(H,19,21)/t16-/m0/s1. The SMILES string of the molecule is Cc1ccc(C)c(C(=O)N[C@H](CO)Cc2ccccc2)c1. The van der Waals surface area contributed by atoms with Crippen molar-refractivity contribution in [3.63, 3.8) is 0 Å². The van der Waals surface area contributed by atoms with Crippen molar-refractivity contribution in [1.29, 1.82) is 0 Å². The van der Waals surface area contributed by atoms with Gasteiger partial charge in [-0.25, -0.2) is 0 Å². The molecule has 0 saturated carbocycles. The second-order valence-corrected chi connectivity index (χ2v) is 5.36. The molecule has 2 aromatic carbocycles. The van der Waals surface area contributed by atoms with E-state index < -0.39 is 0 Å². The smallest absolute Gasteiger partial charge is 0.251 e. The van der Waals surface area contributed by atoms with E-state index in [1.807, 2.05) is 62.4 Å². The monoisotopic (exact) mass is 283 g/mol.